The van der Waals surface area contributed by atoms with Crippen molar-refractivity contribution in [1.29, 1.82) is 0 Å². The minimum absolute atomic E-state index is 0.177. The standard InChI is InChI=1S/C14H27NO4/c1-7-9-19-12(16)10-11(3)15(14(4,5)6)13(17)18-8-2/h11H,7-10H2,1-6H3. The number of ether oxygens (including phenoxy) is 2. The molecule has 0 spiro atoms. The van der Waals surface area contributed by atoms with Gasteiger partial charge in [0.25, 0.3) is 0 Å². The van der Waals surface area contributed by atoms with Crippen LogP contribution >= 0.6 is 0 Å². The van der Waals surface area contributed by atoms with Crippen LogP contribution in [0, 0.1) is 0 Å². The second kappa shape index (κ2) is 8.02. The van der Waals surface area contributed by atoms with E-state index in [9.17, 15) is 9.59 Å². The molecule has 0 aliphatic heterocycles. The third-order valence-electron chi connectivity index (χ3n) is 2.56. The summed E-state index contributed by atoms with van der Waals surface area (Å²) in [5.41, 5.74) is -0.406. The Morgan fingerprint density at radius 3 is 2.16 bits per heavy atom. The van der Waals surface area contributed by atoms with E-state index >= 15 is 0 Å². The molecule has 0 saturated carbocycles. The van der Waals surface area contributed by atoms with E-state index in [2.05, 4.69) is 0 Å². The molecule has 1 amide bonds. The fourth-order valence-corrected chi connectivity index (χ4v) is 1.92. The topological polar surface area (TPSA) is 55.8 Å². The lowest BCUT2D eigenvalue weighted by Gasteiger charge is -2.38. The van der Waals surface area contributed by atoms with E-state index in [0.29, 0.717) is 13.2 Å². The van der Waals surface area contributed by atoms with Gasteiger partial charge in [0.15, 0.2) is 0 Å². The fourth-order valence-electron chi connectivity index (χ4n) is 1.92. The zero-order valence-electron chi connectivity index (χ0n) is 13.0. The second-order valence-electron chi connectivity index (χ2n) is 5.51. The van der Waals surface area contributed by atoms with Crippen LogP contribution in [-0.4, -0.2) is 41.8 Å². The van der Waals surface area contributed by atoms with E-state index in [4.69, 9.17) is 9.47 Å². The quantitative estimate of drug-likeness (QED) is 0.698. The lowest BCUT2D eigenvalue weighted by atomic mass is 10.0. The first kappa shape index (κ1) is 17.7. The Hall–Kier alpha value is -1.26. The van der Waals surface area contributed by atoms with Crippen molar-refractivity contribution in [3.05, 3.63) is 0 Å². The molecule has 0 aliphatic rings. The Labute approximate surface area is 116 Å². The van der Waals surface area contributed by atoms with Crippen molar-refractivity contribution in [3.8, 4) is 0 Å². The molecule has 0 aromatic heterocycles. The smallest absolute Gasteiger partial charge is 0.410 e. The second-order valence-corrected chi connectivity index (χ2v) is 5.51. The van der Waals surface area contributed by atoms with Gasteiger partial charge in [-0.1, -0.05) is 6.92 Å². The molecule has 19 heavy (non-hydrogen) atoms. The summed E-state index contributed by atoms with van der Waals surface area (Å²) in [6, 6.07) is -0.261. The molecule has 0 saturated heterocycles. The highest BCUT2D eigenvalue weighted by Crippen LogP contribution is 2.20. The summed E-state index contributed by atoms with van der Waals surface area (Å²) in [6.45, 7) is 12.0. The molecule has 0 rings (SSSR count). The van der Waals surface area contributed by atoms with Crippen molar-refractivity contribution >= 4 is 12.1 Å². The fraction of sp³-hybridized carbons (Fsp3) is 0.857. The highest BCUT2D eigenvalue weighted by molar-refractivity contribution is 5.73. The van der Waals surface area contributed by atoms with E-state index in [0.717, 1.165) is 6.42 Å². The average Bonchev–Trinajstić information content (AvgIpc) is 2.24. The summed E-state index contributed by atoms with van der Waals surface area (Å²) >= 11 is 0. The summed E-state index contributed by atoms with van der Waals surface area (Å²) < 4.78 is 10.1. The molecule has 1 atom stereocenters. The highest BCUT2D eigenvalue weighted by atomic mass is 16.6. The lowest BCUT2D eigenvalue weighted by molar-refractivity contribution is -0.145. The minimum atomic E-state index is -0.406. The molecule has 0 aliphatic carbocycles. The lowest BCUT2D eigenvalue weighted by Crippen LogP contribution is -2.51. The van der Waals surface area contributed by atoms with Crippen LogP contribution in [-0.2, 0) is 14.3 Å². The van der Waals surface area contributed by atoms with Gasteiger partial charge in [-0.05, 0) is 41.0 Å². The van der Waals surface area contributed by atoms with E-state index < -0.39 is 11.6 Å². The molecule has 5 heteroatoms. The Morgan fingerprint density at radius 2 is 1.74 bits per heavy atom. The van der Waals surface area contributed by atoms with Gasteiger partial charge in [-0.25, -0.2) is 4.79 Å². The third kappa shape index (κ3) is 6.45. The summed E-state index contributed by atoms with van der Waals surface area (Å²) in [5.74, 6) is -0.284. The number of esters is 1. The van der Waals surface area contributed by atoms with Crippen LogP contribution in [0.2, 0.25) is 0 Å². The number of amides is 1. The molecule has 0 aromatic carbocycles. The zero-order chi connectivity index (χ0) is 15.1. The number of hydrogen-bond acceptors (Lipinski definition) is 4. The molecular weight excluding hydrogens is 246 g/mol. The predicted molar refractivity (Wildman–Crippen MR) is 73.9 cm³/mol. The number of carbonyl (C=O) groups is 2. The number of rotatable bonds is 6. The Kier molecular flexibility index (Phi) is 7.49. The molecule has 0 bridgehead atoms. The maximum absolute atomic E-state index is 12.0. The molecule has 5 nitrogen and oxygen atoms in total. The molecule has 112 valence electrons. The number of hydrogen-bond donors (Lipinski definition) is 0. The van der Waals surface area contributed by atoms with Gasteiger partial charge in [0.2, 0.25) is 0 Å². The van der Waals surface area contributed by atoms with Gasteiger partial charge in [-0.2, -0.15) is 0 Å². The summed E-state index contributed by atoms with van der Waals surface area (Å²) in [6.07, 6.45) is 0.572. The van der Waals surface area contributed by atoms with Gasteiger partial charge >= 0.3 is 12.1 Å². The van der Waals surface area contributed by atoms with Crippen molar-refractivity contribution in [2.24, 2.45) is 0 Å². The van der Waals surface area contributed by atoms with Crippen LogP contribution in [0.15, 0.2) is 0 Å². The normalized spacial score (nSPS) is 12.7. The molecule has 1 unspecified atom stereocenters. The first-order valence-electron chi connectivity index (χ1n) is 6.85. The Morgan fingerprint density at radius 1 is 1.16 bits per heavy atom. The van der Waals surface area contributed by atoms with E-state index in [-0.39, 0.29) is 18.4 Å². The zero-order valence-corrected chi connectivity index (χ0v) is 13.0. The molecule has 0 radical (unpaired) electrons. The number of nitrogens with zero attached hydrogens (tertiary/aromatic N) is 1. The van der Waals surface area contributed by atoms with Crippen molar-refractivity contribution in [1.82, 2.24) is 4.90 Å². The first-order valence-corrected chi connectivity index (χ1v) is 6.85. The maximum atomic E-state index is 12.0. The Balaban J connectivity index is 4.69. The SMILES string of the molecule is CCCOC(=O)CC(C)N(C(=O)OCC)C(C)(C)C. The monoisotopic (exact) mass is 273 g/mol. The summed E-state index contributed by atoms with van der Waals surface area (Å²) in [5, 5.41) is 0. The van der Waals surface area contributed by atoms with Crippen molar-refractivity contribution in [2.75, 3.05) is 13.2 Å². The Bertz CT molecular complexity index is 296. The van der Waals surface area contributed by atoms with Gasteiger partial charge in [-0.3, -0.25) is 4.79 Å². The predicted octanol–water partition coefficient (Wildman–Crippen LogP) is 2.98. The van der Waals surface area contributed by atoms with Crippen LogP contribution < -0.4 is 0 Å². The van der Waals surface area contributed by atoms with Crippen molar-refractivity contribution < 1.29 is 19.1 Å². The van der Waals surface area contributed by atoms with Crippen LogP contribution in [0.25, 0.3) is 0 Å². The van der Waals surface area contributed by atoms with Gasteiger partial charge in [0, 0.05) is 11.6 Å². The largest absolute Gasteiger partial charge is 0.466 e. The van der Waals surface area contributed by atoms with Gasteiger partial charge in [0.1, 0.15) is 0 Å². The average molecular weight is 273 g/mol. The van der Waals surface area contributed by atoms with E-state index in [1.165, 1.54) is 0 Å². The van der Waals surface area contributed by atoms with E-state index in [1.807, 2.05) is 34.6 Å². The molecule has 0 heterocycles. The van der Waals surface area contributed by atoms with Crippen molar-refractivity contribution in [3.63, 3.8) is 0 Å². The van der Waals surface area contributed by atoms with Gasteiger partial charge < -0.3 is 14.4 Å². The van der Waals surface area contributed by atoms with Gasteiger partial charge in [-0.15, -0.1) is 0 Å². The summed E-state index contributed by atoms with van der Waals surface area (Å²) in [4.78, 5) is 25.2. The first-order chi connectivity index (χ1) is 8.73. The van der Waals surface area contributed by atoms with Crippen molar-refractivity contribution in [2.45, 2.75) is 66.0 Å². The highest BCUT2D eigenvalue weighted by Gasteiger charge is 2.33. The van der Waals surface area contributed by atoms with Crippen LogP contribution in [0.1, 0.15) is 54.4 Å². The molecule has 0 fully saturated rings. The third-order valence-corrected chi connectivity index (χ3v) is 2.56. The van der Waals surface area contributed by atoms with Crippen LogP contribution in [0.5, 0.6) is 0 Å². The number of carbonyl (C=O) groups excluding carboxylic acids is 2. The van der Waals surface area contributed by atoms with E-state index in [1.54, 1.807) is 11.8 Å². The summed E-state index contributed by atoms with van der Waals surface area (Å²) in [7, 11) is 0. The molecule has 0 N–H and O–H groups in total. The maximum Gasteiger partial charge on any atom is 0.410 e. The molecular formula is C14H27NO4. The van der Waals surface area contributed by atoms with Gasteiger partial charge in [0.05, 0.1) is 19.6 Å². The van der Waals surface area contributed by atoms with Crippen LogP contribution in [0.4, 0.5) is 4.79 Å². The van der Waals surface area contributed by atoms with Crippen LogP contribution in [0.3, 0.4) is 0 Å². The minimum Gasteiger partial charge on any atom is -0.466 e. The molecule has 0 aromatic rings.